The summed E-state index contributed by atoms with van der Waals surface area (Å²) in [6.07, 6.45) is 10.8. The van der Waals surface area contributed by atoms with Crippen LogP contribution < -0.4 is 9.80 Å². The molecule has 2 N–H and O–H groups in total. The first-order valence-corrected chi connectivity index (χ1v) is 25.3. The van der Waals surface area contributed by atoms with Crippen LogP contribution in [0.5, 0.6) is 0 Å². The number of allylic oxidation sites excluding steroid dienone is 1. The molecule has 0 bridgehead atoms. The van der Waals surface area contributed by atoms with Crippen molar-refractivity contribution in [3.8, 4) is 22.8 Å². The standard InChI is InChI=1S/C68H48N6/c1-3-13-49-41-55(35-29-47(49)11-1)73(56-36-30-48-12-2-4-14-50(48)42-56)53-31-25-45(26-32-53)23-24-46-27-33-54(34-28-46)74(57-37-39-59-51(43-57)15-9-17-61(59)67-69-63-19-5-6-20-64(63)70-67)58-38-40-60-52(44-58)16-10-18-62(60)68-71-65-21-7-8-22-66(65)72-68/h1-7,9-21,23-44H,8,22H2,(H,69,70)(H,71,72)/b24-23+. The normalized spacial score (nSPS) is 12.4. The first-order valence-electron chi connectivity index (χ1n) is 25.3. The molecule has 0 atom stereocenters. The van der Waals surface area contributed by atoms with E-state index in [-0.39, 0.29) is 0 Å². The first-order chi connectivity index (χ1) is 36.6. The third-order valence-electron chi connectivity index (χ3n) is 14.5. The first kappa shape index (κ1) is 43.0. The number of fused-ring (bicyclic) bond motifs is 6. The Morgan fingerprint density at radius 1 is 0.378 bits per heavy atom. The van der Waals surface area contributed by atoms with Gasteiger partial charge < -0.3 is 19.8 Å². The van der Waals surface area contributed by atoms with E-state index < -0.39 is 0 Å². The molecule has 1 aliphatic rings. The lowest BCUT2D eigenvalue weighted by molar-refractivity contribution is 0.944. The van der Waals surface area contributed by atoms with E-state index in [0.717, 1.165) is 125 Å². The van der Waals surface area contributed by atoms with Crippen LogP contribution in [0.1, 0.15) is 28.9 Å². The number of nitrogens with zero attached hydrogens (tertiary/aromatic N) is 4. The third kappa shape index (κ3) is 7.95. The molecule has 6 heteroatoms. The van der Waals surface area contributed by atoms with Gasteiger partial charge in [-0.2, -0.15) is 0 Å². The summed E-state index contributed by atoms with van der Waals surface area (Å²) in [5.74, 6) is 1.78. The van der Waals surface area contributed by atoms with Gasteiger partial charge in [-0.25, -0.2) is 9.97 Å². The van der Waals surface area contributed by atoms with E-state index in [1.807, 2.05) is 12.1 Å². The van der Waals surface area contributed by atoms with Gasteiger partial charge in [0.05, 0.1) is 22.4 Å². The second kappa shape index (κ2) is 18.1. The summed E-state index contributed by atoms with van der Waals surface area (Å²) in [6.45, 7) is 0. The number of hydrogen-bond donors (Lipinski definition) is 2. The van der Waals surface area contributed by atoms with Crippen molar-refractivity contribution < 1.29 is 0 Å². The van der Waals surface area contributed by atoms with Crippen LogP contribution in [0.15, 0.2) is 237 Å². The van der Waals surface area contributed by atoms with E-state index in [1.165, 1.54) is 21.5 Å². The Bertz CT molecular complexity index is 4220. The number of hydrogen-bond acceptors (Lipinski definition) is 4. The lowest BCUT2D eigenvalue weighted by atomic mass is 10.0. The van der Waals surface area contributed by atoms with Gasteiger partial charge >= 0.3 is 0 Å². The van der Waals surface area contributed by atoms with Crippen LogP contribution in [-0.4, -0.2) is 19.9 Å². The molecule has 2 heterocycles. The van der Waals surface area contributed by atoms with Crippen LogP contribution in [0.25, 0.3) is 95.1 Å². The molecule has 6 nitrogen and oxygen atoms in total. The summed E-state index contributed by atoms with van der Waals surface area (Å²) in [5, 5.41) is 9.44. The minimum absolute atomic E-state index is 0.865. The zero-order valence-electron chi connectivity index (χ0n) is 40.5. The van der Waals surface area contributed by atoms with E-state index in [4.69, 9.17) is 9.97 Å². The highest BCUT2D eigenvalue weighted by molar-refractivity contribution is 6.02. The molecule has 2 aromatic heterocycles. The van der Waals surface area contributed by atoms with Crippen molar-refractivity contribution in [3.63, 3.8) is 0 Å². The second-order valence-corrected chi connectivity index (χ2v) is 19.2. The van der Waals surface area contributed by atoms with Gasteiger partial charge in [0, 0.05) is 45.3 Å². The largest absolute Gasteiger partial charge is 0.338 e. The maximum atomic E-state index is 5.06. The fourth-order valence-corrected chi connectivity index (χ4v) is 10.8. The topological polar surface area (TPSA) is 63.8 Å². The van der Waals surface area contributed by atoms with Crippen molar-refractivity contribution in [2.75, 3.05) is 9.80 Å². The number of anilines is 6. The molecule has 14 rings (SSSR count). The highest BCUT2D eigenvalue weighted by Gasteiger charge is 2.19. The summed E-state index contributed by atoms with van der Waals surface area (Å²) in [7, 11) is 0. The number of benzene rings is 11. The Morgan fingerprint density at radius 3 is 1.38 bits per heavy atom. The number of rotatable bonds is 10. The summed E-state index contributed by atoms with van der Waals surface area (Å²) < 4.78 is 0. The maximum Gasteiger partial charge on any atom is 0.139 e. The molecule has 0 fully saturated rings. The summed E-state index contributed by atoms with van der Waals surface area (Å²) in [4.78, 5) is 21.9. The van der Waals surface area contributed by atoms with E-state index in [9.17, 15) is 0 Å². The lowest BCUT2D eigenvalue weighted by Gasteiger charge is -2.26. The summed E-state index contributed by atoms with van der Waals surface area (Å²) >= 11 is 0. The van der Waals surface area contributed by atoms with Crippen LogP contribution in [0.3, 0.4) is 0 Å². The average Bonchev–Trinajstić information content (AvgIpc) is 4.11. The maximum absolute atomic E-state index is 5.06. The second-order valence-electron chi connectivity index (χ2n) is 19.2. The van der Waals surface area contributed by atoms with E-state index in [2.05, 4.69) is 262 Å². The highest BCUT2D eigenvalue weighted by atomic mass is 15.1. The van der Waals surface area contributed by atoms with Crippen LogP contribution in [0.4, 0.5) is 34.1 Å². The summed E-state index contributed by atoms with van der Waals surface area (Å²) in [5.41, 5.74) is 15.1. The number of nitrogens with one attached hydrogen (secondary N) is 2. The smallest absolute Gasteiger partial charge is 0.139 e. The molecule has 350 valence electrons. The van der Waals surface area contributed by atoms with Crippen LogP contribution in [-0.2, 0) is 6.42 Å². The Kier molecular flexibility index (Phi) is 10.5. The summed E-state index contributed by atoms with van der Waals surface area (Å²) in [6, 6.07) is 83.0. The van der Waals surface area contributed by atoms with Gasteiger partial charge in [-0.1, -0.05) is 164 Å². The molecule has 74 heavy (non-hydrogen) atoms. The molecule has 1 aliphatic carbocycles. The number of para-hydroxylation sites is 2. The van der Waals surface area contributed by atoms with Gasteiger partial charge in [-0.3, -0.25) is 0 Å². The Hall–Kier alpha value is -9.78. The van der Waals surface area contributed by atoms with E-state index in [0.29, 0.717) is 0 Å². The molecule has 0 saturated carbocycles. The van der Waals surface area contributed by atoms with Gasteiger partial charge in [0.25, 0.3) is 0 Å². The fourth-order valence-electron chi connectivity index (χ4n) is 10.8. The number of H-pyrrole nitrogens is 2. The lowest BCUT2D eigenvalue weighted by Crippen LogP contribution is -2.10. The molecular weight excluding hydrogens is 901 g/mol. The minimum atomic E-state index is 0.865. The fraction of sp³-hybridized carbons (Fsp3) is 0.0294. The monoisotopic (exact) mass is 948 g/mol. The molecule has 0 spiro atoms. The van der Waals surface area contributed by atoms with Crippen molar-refractivity contribution in [1.82, 2.24) is 19.9 Å². The Morgan fingerprint density at radius 2 is 0.838 bits per heavy atom. The molecule has 0 amide bonds. The SMILES string of the molecule is C1=Cc2[nH]c(-c3cccc4cc(N(c5ccc(/C=C/c6ccc(N(c7ccc8ccccc8c7)c7ccc8ccccc8c7)cc6)cc5)c5ccc6c(-c7nc8ccccc8[nH]7)cccc6c5)ccc34)nc2CC1. The highest BCUT2D eigenvalue weighted by Crippen LogP contribution is 2.42. The van der Waals surface area contributed by atoms with Crippen molar-refractivity contribution in [2.45, 2.75) is 12.8 Å². The number of aromatic amines is 2. The van der Waals surface area contributed by atoms with Gasteiger partial charge in [-0.05, 0) is 158 Å². The molecule has 13 aromatic rings. The van der Waals surface area contributed by atoms with Gasteiger partial charge in [0.2, 0.25) is 0 Å². The zero-order valence-corrected chi connectivity index (χ0v) is 40.5. The number of imidazole rings is 2. The van der Waals surface area contributed by atoms with Crippen molar-refractivity contribution in [3.05, 3.63) is 259 Å². The van der Waals surface area contributed by atoms with Gasteiger partial charge in [0.1, 0.15) is 11.6 Å². The van der Waals surface area contributed by atoms with Gasteiger partial charge in [-0.15, -0.1) is 0 Å². The van der Waals surface area contributed by atoms with Crippen LogP contribution >= 0.6 is 0 Å². The Labute approximate surface area is 428 Å². The molecule has 0 saturated heterocycles. The number of aromatic nitrogens is 4. The molecule has 0 unspecified atom stereocenters. The van der Waals surface area contributed by atoms with Gasteiger partial charge in [0.15, 0.2) is 0 Å². The molecule has 11 aromatic carbocycles. The minimum Gasteiger partial charge on any atom is -0.338 e. The number of aryl methyl sites for hydroxylation is 1. The molecule has 0 radical (unpaired) electrons. The van der Waals surface area contributed by atoms with Crippen molar-refractivity contribution in [1.29, 1.82) is 0 Å². The van der Waals surface area contributed by atoms with E-state index >= 15 is 0 Å². The average molecular weight is 949 g/mol. The molecular formula is C68H48N6. The molecule has 0 aliphatic heterocycles. The quantitative estimate of drug-likeness (QED) is 0.134. The van der Waals surface area contributed by atoms with Crippen molar-refractivity contribution >= 4 is 106 Å². The van der Waals surface area contributed by atoms with Crippen molar-refractivity contribution in [2.24, 2.45) is 0 Å². The van der Waals surface area contributed by atoms with Crippen LogP contribution in [0, 0.1) is 0 Å². The van der Waals surface area contributed by atoms with E-state index in [1.54, 1.807) is 0 Å². The predicted molar refractivity (Wildman–Crippen MR) is 311 cm³/mol. The zero-order chi connectivity index (χ0) is 49.0. The van der Waals surface area contributed by atoms with Crippen LogP contribution in [0.2, 0.25) is 0 Å². The third-order valence-corrected chi connectivity index (χ3v) is 14.5. The predicted octanol–water partition coefficient (Wildman–Crippen LogP) is 18.3. The Balaban J connectivity index is 0.799.